The van der Waals surface area contributed by atoms with Crippen molar-refractivity contribution in [2.24, 2.45) is 0 Å². The fraction of sp³-hybridized carbons (Fsp3) is 0.235. The Kier molecular flexibility index (Phi) is 3.59. The van der Waals surface area contributed by atoms with Crippen molar-refractivity contribution in [3.05, 3.63) is 59.5 Å². The number of nitrogens with zero attached hydrogens (tertiary/aromatic N) is 1. The minimum absolute atomic E-state index is 0.880. The van der Waals surface area contributed by atoms with Crippen molar-refractivity contribution in [2.75, 3.05) is 0 Å². The molecule has 1 aromatic heterocycles. The van der Waals surface area contributed by atoms with Crippen molar-refractivity contribution in [1.29, 1.82) is 0 Å². The van der Waals surface area contributed by atoms with E-state index in [9.17, 15) is 0 Å². The third-order valence-corrected chi connectivity index (χ3v) is 3.38. The van der Waals surface area contributed by atoms with Crippen LogP contribution in [0, 0.1) is 0 Å². The molecule has 2 heteroatoms. The zero-order chi connectivity index (χ0) is 12.9. The highest BCUT2D eigenvalue weighted by Gasteiger charge is 2.10. The summed E-state index contributed by atoms with van der Waals surface area (Å²) in [6, 6.07) is 12.2. The molecule has 0 unspecified atom stereocenters. The average molecular weight is 251 g/mol. The fourth-order valence-electron chi connectivity index (χ4n) is 2.33. The first kappa shape index (κ1) is 12.0. The van der Waals surface area contributed by atoms with Gasteiger partial charge in [0.25, 0.3) is 0 Å². The summed E-state index contributed by atoms with van der Waals surface area (Å²) in [7, 11) is 0. The molecule has 3 rings (SSSR count). The van der Waals surface area contributed by atoms with Crippen LogP contribution in [0.25, 0.3) is 17.7 Å². The first-order chi connectivity index (χ1) is 9.42. The SMILES string of the molecule is C1=C(c2cc(/C=C/c3ccccc3)no2)CCCC1. The Hall–Kier alpha value is -2.09. The maximum atomic E-state index is 5.42. The van der Waals surface area contributed by atoms with Gasteiger partial charge in [-0.05, 0) is 42.9 Å². The summed E-state index contributed by atoms with van der Waals surface area (Å²) in [6.45, 7) is 0. The standard InChI is InChI=1S/C17H17NO/c1-3-7-14(8-4-1)11-12-16-13-17(19-18-16)15-9-5-2-6-10-15/h1,3-4,7-9,11-13H,2,5-6,10H2/b12-11+. The first-order valence-electron chi connectivity index (χ1n) is 6.81. The van der Waals surface area contributed by atoms with Crippen LogP contribution in [0.1, 0.15) is 42.7 Å². The lowest BCUT2D eigenvalue weighted by atomic mass is 9.98. The number of rotatable bonds is 3. The fourth-order valence-corrected chi connectivity index (χ4v) is 2.33. The molecule has 0 aliphatic heterocycles. The molecule has 0 bridgehead atoms. The van der Waals surface area contributed by atoms with Crippen LogP contribution in [-0.2, 0) is 0 Å². The van der Waals surface area contributed by atoms with Crippen LogP contribution in [0.3, 0.4) is 0 Å². The maximum absolute atomic E-state index is 5.42. The Morgan fingerprint density at radius 2 is 1.95 bits per heavy atom. The van der Waals surface area contributed by atoms with Crippen molar-refractivity contribution in [2.45, 2.75) is 25.7 Å². The van der Waals surface area contributed by atoms with E-state index in [0.29, 0.717) is 0 Å². The highest BCUT2D eigenvalue weighted by atomic mass is 16.5. The molecule has 1 aliphatic rings. The Bertz CT molecular complexity index is 593. The maximum Gasteiger partial charge on any atom is 0.163 e. The van der Waals surface area contributed by atoms with Crippen LogP contribution >= 0.6 is 0 Å². The Balaban J connectivity index is 1.75. The molecule has 0 saturated heterocycles. The summed E-state index contributed by atoms with van der Waals surface area (Å²) in [4.78, 5) is 0. The van der Waals surface area contributed by atoms with Crippen LogP contribution < -0.4 is 0 Å². The third kappa shape index (κ3) is 3.02. The molecule has 2 nitrogen and oxygen atoms in total. The molecule has 0 fully saturated rings. The zero-order valence-electron chi connectivity index (χ0n) is 10.9. The smallest absolute Gasteiger partial charge is 0.163 e. The van der Waals surface area contributed by atoms with E-state index in [4.69, 9.17) is 4.52 Å². The summed E-state index contributed by atoms with van der Waals surface area (Å²) in [6.07, 6.45) is 11.1. The highest BCUT2D eigenvalue weighted by molar-refractivity contribution is 5.70. The van der Waals surface area contributed by atoms with Crippen LogP contribution in [0.5, 0.6) is 0 Å². The molecule has 2 aromatic rings. The number of allylic oxidation sites excluding steroid dienone is 2. The van der Waals surface area contributed by atoms with E-state index >= 15 is 0 Å². The van der Waals surface area contributed by atoms with E-state index in [2.05, 4.69) is 29.4 Å². The van der Waals surface area contributed by atoms with Crippen molar-refractivity contribution < 1.29 is 4.52 Å². The van der Waals surface area contributed by atoms with Gasteiger partial charge in [-0.1, -0.05) is 47.6 Å². The van der Waals surface area contributed by atoms with Crippen molar-refractivity contribution >= 4 is 17.7 Å². The van der Waals surface area contributed by atoms with E-state index < -0.39 is 0 Å². The Morgan fingerprint density at radius 3 is 2.74 bits per heavy atom. The van der Waals surface area contributed by atoms with Gasteiger partial charge in [0.05, 0.1) is 0 Å². The topological polar surface area (TPSA) is 26.0 Å². The first-order valence-corrected chi connectivity index (χ1v) is 6.81. The number of benzene rings is 1. The van der Waals surface area contributed by atoms with Gasteiger partial charge in [-0.3, -0.25) is 0 Å². The van der Waals surface area contributed by atoms with Gasteiger partial charge in [0.2, 0.25) is 0 Å². The number of hydrogen-bond acceptors (Lipinski definition) is 2. The van der Waals surface area contributed by atoms with Gasteiger partial charge < -0.3 is 4.52 Å². The molecule has 0 radical (unpaired) electrons. The van der Waals surface area contributed by atoms with Crippen molar-refractivity contribution in [3.8, 4) is 0 Å². The van der Waals surface area contributed by atoms with E-state index in [1.807, 2.05) is 30.3 Å². The van der Waals surface area contributed by atoms with Crippen LogP contribution in [0.15, 0.2) is 47.0 Å². The molecule has 1 aliphatic carbocycles. The third-order valence-electron chi connectivity index (χ3n) is 3.38. The van der Waals surface area contributed by atoms with Gasteiger partial charge in [-0.25, -0.2) is 0 Å². The summed E-state index contributed by atoms with van der Waals surface area (Å²) in [5.74, 6) is 0.924. The van der Waals surface area contributed by atoms with Crippen molar-refractivity contribution in [1.82, 2.24) is 5.16 Å². The molecular weight excluding hydrogens is 234 g/mol. The summed E-state index contributed by atoms with van der Waals surface area (Å²) in [5.41, 5.74) is 3.35. The zero-order valence-corrected chi connectivity index (χ0v) is 10.9. The summed E-state index contributed by atoms with van der Waals surface area (Å²) in [5, 5.41) is 4.10. The lowest BCUT2D eigenvalue weighted by Gasteiger charge is -2.08. The van der Waals surface area contributed by atoms with E-state index in [1.54, 1.807) is 0 Å². The van der Waals surface area contributed by atoms with E-state index in [-0.39, 0.29) is 0 Å². The molecule has 1 aromatic carbocycles. The van der Waals surface area contributed by atoms with Crippen LogP contribution in [0.2, 0.25) is 0 Å². The van der Waals surface area contributed by atoms with Crippen LogP contribution in [0.4, 0.5) is 0 Å². The molecule has 1 heterocycles. The van der Waals surface area contributed by atoms with Gasteiger partial charge in [0.15, 0.2) is 5.76 Å². The quantitative estimate of drug-likeness (QED) is 0.783. The van der Waals surface area contributed by atoms with Gasteiger partial charge in [-0.2, -0.15) is 0 Å². The molecule has 19 heavy (non-hydrogen) atoms. The molecule has 0 atom stereocenters. The van der Waals surface area contributed by atoms with Gasteiger partial charge >= 0.3 is 0 Å². The van der Waals surface area contributed by atoms with Crippen LogP contribution in [-0.4, -0.2) is 5.16 Å². The predicted molar refractivity (Wildman–Crippen MR) is 78.3 cm³/mol. The summed E-state index contributed by atoms with van der Waals surface area (Å²) < 4.78 is 5.42. The van der Waals surface area contributed by atoms with E-state index in [1.165, 1.54) is 24.0 Å². The van der Waals surface area contributed by atoms with E-state index in [0.717, 1.165) is 24.3 Å². The second-order valence-electron chi connectivity index (χ2n) is 4.84. The molecule has 0 saturated carbocycles. The van der Waals surface area contributed by atoms with Gasteiger partial charge in [0, 0.05) is 6.07 Å². The molecular formula is C17H17NO. The minimum atomic E-state index is 0.880. The molecule has 0 amide bonds. The molecule has 96 valence electrons. The second-order valence-corrected chi connectivity index (χ2v) is 4.84. The molecule has 0 spiro atoms. The second kappa shape index (κ2) is 5.70. The minimum Gasteiger partial charge on any atom is -0.356 e. The number of hydrogen-bond donors (Lipinski definition) is 0. The summed E-state index contributed by atoms with van der Waals surface area (Å²) >= 11 is 0. The molecule has 0 N–H and O–H groups in total. The Morgan fingerprint density at radius 1 is 1.05 bits per heavy atom. The normalized spacial score (nSPS) is 15.7. The average Bonchev–Trinajstić information content (AvgIpc) is 2.96. The highest BCUT2D eigenvalue weighted by Crippen LogP contribution is 2.27. The Labute approximate surface area is 113 Å². The number of aromatic nitrogens is 1. The monoisotopic (exact) mass is 251 g/mol. The van der Waals surface area contributed by atoms with Crippen molar-refractivity contribution in [3.63, 3.8) is 0 Å². The van der Waals surface area contributed by atoms with Gasteiger partial charge in [0.1, 0.15) is 5.69 Å². The predicted octanol–water partition coefficient (Wildman–Crippen LogP) is 4.80. The lowest BCUT2D eigenvalue weighted by molar-refractivity contribution is 0.406. The lowest BCUT2D eigenvalue weighted by Crippen LogP contribution is -1.89. The van der Waals surface area contributed by atoms with Gasteiger partial charge in [-0.15, -0.1) is 0 Å². The largest absolute Gasteiger partial charge is 0.356 e.